The van der Waals surface area contributed by atoms with Crippen molar-refractivity contribution in [2.24, 2.45) is 0 Å². The van der Waals surface area contributed by atoms with Crippen LogP contribution in [0.15, 0.2) is 0 Å². The molecule has 1 heterocycles. The summed E-state index contributed by atoms with van der Waals surface area (Å²) in [6, 6.07) is 0.891. The summed E-state index contributed by atoms with van der Waals surface area (Å²) in [6.07, 6.45) is 6.85. The molecule has 0 aromatic carbocycles. The molecule has 3 atom stereocenters. The molecule has 1 aliphatic carbocycles. The molecule has 0 aromatic rings. The highest BCUT2D eigenvalue weighted by atomic mass is 16.5. The Kier molecular flexibility index (Phi) is 4.00. The highest BCUT2D eigenvalue weighted by Crippen LogP contribution is 2.25. The Morgan fingerprint density at radius 3 is 2.67 bits per heavy atom. The van der Waals surface area contributed by atoms with Crippen molar-refractivity contribution in [2.45, 2.75) is 56.7 Å². The van der Waals surface area contributed by atoms with E-state index in [1.165, 1.54) is 19.3 Å². The lowest BCUT2D eigenvalue weighted by Crippen LogP contribution is -2.46. The SMILES string of the molecule is CN(C1CCOC1)C1CCCCCC1O. The van der Waals surface area contributed by atoms with Crippen LogP contribution in [0.2, 0.25) is 0 Å². The molecule has 3 unspecified atom stereocenters. The topological polar surface area (TPSA) is 32.7 Å². The van der Waals surface area contributed by atoms with Crippen LogP contribution in [0.5, 0.6) is 0 Å². The molecule has 1 saturated heterocycles. The van der Waals surface area contributed by atoms with Crippen molar-refractivity contribution >= 4 is 0 Å². The smallest absolute Gasteiger partial charge is 0.0695 e. The average Bonchev–Trinajstić information content (AvgIpc) is 2.68. The van der Waals surface area contributed by atoms with Crippen molar-refractivity contribution in [1.29, 1.82) is 0 Å². The summed E-state index contributed by atoms with van der Waals surface area (Å²) in [6.45, 7) is 1.73. The van der Waals surface area contributed by atoms with Gasteiger partial charge in [-0.25, -0.2) is 0 Å². The molecule has 0 bridgehead atoms. The molecule has 1 aliphatic heterocycles. The van der Waals surface area contributed by atoms with Crippen molar-refractivity contribution in [2.75, 3.05) is 20.3 Å². The molecule has 2 rings (SSSR count). The van der Waals surface area contributed by atoms with E-state index in [1.807, 2.05) is 0 Å². The van der Waals surface area contributed by atoms with Crippen LogP contribution in [-0.2, 0) is 4.74 Å². The molecular weight excluding hydrogens is 190 g/mol. The number of ether oxygens (including phenoxy) is 1. The Morgan fingerprint density at radius 2 is 1.93 bits per heavy atom. The summed E-state index contributed by atoms with van der Waals surface area (Å²) in [5.41, 5.74) is 0. The summed E-state index contributed by atoms with van der Waals surface area (Å²) in [7, 11) is 2.15. The van der Waals surface area contributed by atoms with Crippen molar-refractivity contribution in [3.63, 3.8) is 0 Å². The predicted molar refractivity (Wildman–Crippen MR) is 59.9 cm³/mol. The van der Waals surface area contributed by atoms with Gasteiger partial charge in [0.2, 0.25) is 0 Å². The lowest BCUT2D eigenvalue weighted by molar-refractivity contribution is 0.0323. The first-order valence-corrected chi connectivity index (χ1v) is 6.27. The Bertz CT molecular complexity index is 192. The fourth-order valence-corrected chi connectivity index (χ4v) is 2.86. The second-order valence-electron chi connectivity index (χ2n) is 4.96. The number of hydrogen-bond donors (Lipinski definition) is 1. The number of rotatable bonds is 2. The molecule has 2 aliphatic rings. The van der Waals surface area contributed by atoms with E-state index in [0.717, 1.165) is 32.5 Å². The van der Waals surface area contributed by atoms with Gasteiger partial charge < -0.3 is 9.84 Å². The molecule has 88 valence electrons. The minimum atomic E-state index is -0.127. The fraction of sp³-hybridized carbons (Fsp3) is 1.00. The lowest BCUT2D eigenvalue weighted by atomic mass is 10.0. The highest BCUT2D eigenvalue weighted by molar-refractivity contribution is 4.85. The van der Waals surface area contributed by atoms with Crippen LogP contribution in [-0.4, -0.2) is 48.5 Å². The maximum Gasteiger partial charge on any atom is 0.0695 e. The number of likely N-dealkylation sites (N-methyl/N-ethyl adjacent to an activating group) is 1. The molecule has 0 spiro atoms. The van der Waals surface area contributed by atoms with E-state index in [9.17, 15) is 5.11 Å². The van der Waals surface area contributed by atoms with Gasteiger partial charge in [0.1, 0.15) is 0 Å². The molecule has 2 fully saturated rings. The minimum absolute atomic E-state index is 0.127. The van der Waals surface area contributed by atoms with Gasteiger partial charge in [0.25, 0.3) is 0 Å². The second-order valence-corrected chi connectivity index (χ2v) is 4.96. The summed E-state index contributed by atoms with van der Waals surface area (Å²) in [5.74, 6) is 0. The molecule has 3 nitrogen and oxygen atoms in total. The van der Waals surface area contributed by atoms with E-state index in [-0.39, 0.29) is 6.10 Å². The van der Waals surface area contributed by atoms with Crippen LogP contribution in [0.1, 0.15) is 38.5 Å². The van der Waals surface area contributed by atoms with Crippen molar-refractivity contribution in [3.05, 3.63) is 0 Å². The summed E-state index contributed by atoms with van der Waals surface area (Å²) in [5, 5.41) is 10.1. The van der Waals surface area contributed by atoms with E-state index in [1.54, 1.807) is 0 Å². The largest absolute Gasteiger partial charge is 0.391 e. The van der Waals surface area contributed by atoms with Gasteiger partial charge in [0, 0.05) is 18.7 Å². The average molecular weight is 213 g/mol. The van der Waals surface area contributed by atoms with Gasteiger partial charge in [-0.05, 0) is 26.3 Å². The molecular formula is C12H23NO2. The van der Waals surface area contributed by atoms with Crippen molar-refractivity contribution in [1.82, 2.24) is 4.90 Å². The maximum atomic E-state index is 10.1. The van der Waals surface area contributed by atoms with Gasteiger partial charge in [0.05, 0.1) is 12.7 Å². The molecule has 1 saturated carbocycles. The molecule has 0 radical (unpaired) electrons. The van der Waals surface area contributed by atoms with E-state index < -0.39 is 0 Å². The van der Waals surface area contributed by atoms with E-state index in [4.69, 9.17) is 4.74 Å². The van der Waals surface area contributed by atoms with Gasteiger partial charge in [-0.2, -0.15) is 0 Å². The monoisotopic (exact) mass is 213 g/mol. The third kappa shape index (κ3) is 2.71. The summed E-state index contributed by atoms with van der Waals surface area (Å²) < 4.78 is 5.41. The van der Waals surface area contributed by atoms with Gasteiger partial charge in [-0.15, -0.1) is 0 Å². The normalized spacial score (nSPS) is 38.2. The summed E-state index contributed by atoms with van der Waals surface area (Å²) in [4.78, 5) is 2.36. The Hall–Kier alpha value is -0.120. The zero-order chi connectivity index (χ0) is 10.7. The fourth-order valence-electron chi connectivity index (χ4n) is 2.86. The van der Waals surface area contributed by atoms with Crippen LogP contribution in [0.25, 0.3) is 0 Å². The molecule has 0 amide bonds. The van der Waals surface area contributed by atoms with Crippen LogP contribution in [0.4, 0.5) is 0 Å². The van der Waals surface area contributed by atoms with Crippen LogP contribution < -0.4 is 0 Å². The molecule has 0 aromatic heterocycles. The maximum absolute atomic E-state index is 10.1. The van der Waals surface area contributed by atoms with E-state index in [0.29, 0.717) is 12.1 Å². The van der Waals surface area contributed by atoms with Gasteiger partial charge in [0.15, 0.2) is 0 Å². The summed E-state index contributed by atoms with van der Waals surface area (Å²) >= 11 is 0. The Morgan fingerprint density at radius 1 is 1.13 bits per heavy atom. The van der Waals surface area contributed by atoms with Crippen LogP contribution in [0.3, 0.4) is 0 Å². The van der Waals surface area contributed by atoms with Crippen LogP contribution >= 0.6 is 0 Å². The number of aliphatic hydroxyl groups excluding tert-OH is 1. The van der Waals surface area contributed by atoms with Crippen molar-refractivity contribution in [3.8, 4) is 0 Å². The van der Waals surface area contributed by atoms with E-state index >= 15 is 0 Å². The highest BCUT2D eigenvalue weighted by Gasteiger charge is 2.31. The molecule has 15 heavy (non-hydrogen) atoms. The number of aliphatic hydroxyl groups is 1. The van der Waals surface area contributed by atoms with E-state index in [2.05, 4.69) is 11.9 Å². The zero-order valence-electron chi connectivity index (χ0n) is 9.69. The molecule has 3 heteroatoms. The predicted octanol–water partition coefficient (Wildman–Crippen LogP) is 1.40. The number of nitrogens with zero attached hydrogens (tertiary/aromatic N) is 1. The third-order valence-corrected chi connectivity index (χ3v) is 3.95. The second kappa shape index (κ2) is 5.28. The lowest BCUT2D eigenvalue weighted by Gasteiger charge is -2.34. The first-order valence-electron chi connectivity index (χ1n) is 6.27. The Balaban J connectivity index is 1.93. The first-order chi connectivity index (χ1) is 7.29. The number of hydrogen-bond acceptors (Lipinski definition) is 3. The van der Waals surface area contributed by atoms with Crippen molar-refractivity contribution < 1.29 is 9.84 Å². The van der Waals surface area contributed by atoms with Gasteiger partial charge >= 0.3 is 0 Å². The third-order valence-electron chi connectivity index (χ3n) is 3.95. The first kappa shape index (κ1) is 11.4. The standard InChI is InChI=1S/C12H23NO2/c1-13(10-7-8-15-9-10)11-5-3-2-4-6-12(11)14/h10-12,14H,2-9H2,1H3. The molecule has 1 N–H and O–H groups in total. The Labute approximate surface area is 92.4 Å². The minimum Gasteiger partial charge on any atom is -0.391 e. The van der Waals surface area contributed by atoms with Crippen LogP contribution in [0, 0.1) is 0 Å². The zero-order valence-corrected chi connectivity index (χ0v) is 9.69. The van der Waals surface area contributed by atoms with Gasteiger partial charge in [-0.3, -0.25) is 4.90 Å². The quantitative estimate of drug-likeness (QED) is 0.704. The van der Waals surface area contributed by atoms with Gasteiger partial charge in [-0.1, -0.05) is 19.3 Å².